The normalized spacial score (nSPS) is 14.5. The molecule has 31 heavy (non-hydrogen) atoms. The van der Waals surface area contributed by atoms with E-state index >= 15 is 0 Å². The number of hydrogen-bond acceptors (Lipinski definition) is 4. The van der Waals surface area contributed by atoms with Crippen LogP contribution in [0.3, 0.4) is 0 Å². The molecule has 1 heterocycles. The molecule has 0 fully saturated rings. The molecule has 2 amide bonds. The fourth-order valence-corrected chi connectivity index (χ4v) is 3.44. The van der Waals surface area contributed by atoms with Crippen LogP contribution in [0.25, 0.3) is 0 Å². The summed E-state index contributed by atoms with van der Waals surface area (Å²) >= 11 is 0. The number of unbranched alkanes of at least 4 members (excludes halogenated alkanes) is 1. The summed E-state index contributed by atoms with van der Waals surface area (Å²) in [6.07, 6.45) is 2.80. The Kier molecular flexibility index (Phi) is 10.2. The predicted molar refractivity (Wildman–Crippen MR) is 121 cm³/mol. The van der Waals surface area contributed by atoms with Crippen molar-refractivity contribution in [1.29, 1.82) is 0 Å². The first-order valence-electron chi connectivity index (χ1n) is 10.9. The van der Waals surface area contributed by atoms with Gasteiger partial charge in [-0.2, -0.15) is 0 Å². The van der Waals surface area contributed by atoms with Gasteiger partial charge in [-0.1, -0.05) is 61.9 Å². The maximum Gasteiger partial charge on any atom is 0.254 e. The van der Waals surface area contributed by atoms with Crippen molar-refractivity contribution < 1.29 is 19.8 Å². The molecule has 0 aliphatic carbocycles. The van der Waals surface area contributed by atoms with E-state index in [1.54, 1.807) is 4.90 Å². The largest absolute Gasteiger partial charge is 0.390 e. The van der Waals surface area contributed by atoms with E-state index in [9.17, 15) is 19.8 Å². The quantitative estimate of drug-likeness (QED) is 0.566. The number of amides is 2. The summed E-state index contributed by atoms with van der Waals surface area (Å²) < 4.78 is 0. The van der Waals surface area contributed by atoms with Gasteiger partial charge in [0.1, 0.15) is 0 Å². The third kappa shape index (κ3) is 7.81. The van der Waals surface area contributed by atoms with E-state index in [1.165, 1.54) is 30.9 Å². The minimum atomic E-state index is -1.32. The average Bonchev–Trinajstić information content (AvgIpc) is 2.81. The lowest BCUT2D eigenvalue weighted by Gasteiger charge is -2.31. The summed E-state index contributed by atoms with van der Waals surface area (Å²) in [6, 6.07) is 16.4. The van der Waals surface area contributed by atoms with Crippen LogP contribution >= 0.6 is 0 Å². The van der Waals surface area contributed by atoms with Crippen LogP contribution in [-0.4, -0.2) is 46.2 Å². The van der Waals surface area contributed by atoms with E-state index in [1.807, 2.05) is 18.2 Å². The van der Waals surface area contributed by atoms with Gasteiger partial charge in [0.25, 0.3) is 5.91 Å². The van der Waals surface area contributed by atoms with Crippen LogP contribution in [0.1, 0.15) is 48.9 Å². The lowest BCUT2D eigenvalue weighted by molar-refractivity contribution is -0.146. The topological polar surface area (TPSA) is 89.9 Å². The molecule has 6 nitrogen and oxygen atoms in total. The number of aliphatic hydroxyl groups excluding tert-OH is 2. The smallest absolute Gasteiger partial charge is 0.254 e. The zero-order valence-corrected chi connectivity index (χ0v) is 18.5. The number of hydrogen-bond donors (Lipinski definition) is 3. The molecule has 1 aliphatic heterocycles. The minimum Gasteiger partial charge on any atom is -0.390 e. The highest BCUT2D eigenvalue weighted by Crippen LogP contribution is 2.19. The average molecular weight is 427 g/mol. The number of nitrogens with one attached hydrogen (secondary N) is 1. The predicted octanol–water partition coefficient (Wildman–Crippen LogP) is 2.59. The number of fused-ring (bicyclic) bond motifs is 1. The molecule has 2 unspecified atom stereocenters. The van der Waals surface area contributed by atoms with Gasteiger partial charge in [0.2, 0.25) is 6.41 Å². The third-order valence-electron chi connectivity index (χ3n) is 5.38. The number of nitrogens with zero attached hydrogens (tertiary/aromatic N) is 1. The number of carbonyl (C=O) groups excluding carboxylic acids is 2. The molecule has 1 aliphatic rings. The van der Waals surface area contributed by atoms with Crippen molar-refractivity contribution in [3.63, 3.8) is 0 Å². The summed E-state index contributed by atoms with van der Waals surface area (Å²) in [6.45, 7) is 5.35. The SMILES string of the molecule is CC(O)C(O)C(=O)N1CCc2ccccc2C1.CCCCc1ccc(CNC=O)cc1. The van der Waals surface area contributed by atoms with Crippen LogP contribution in [0.2, 0.25) is 0 Å². The molecule has 3 N–H and O–H groups in total. The van der Waals surface area contributed by atoms with Gasteiger partial charge in [-0.15, -0.1) is 0 Å². The Bertz CT molecular complexity index is 821. The van der Waals surface area contributed by atoms with Crippen molar-refractivity contribution in [2.45, 2.75) is 64.8 Å². The Morgan fingerprint density at radius 1 is 1.10 bits per heavy atom. The molecular weight excluding hydrogens is 392 g/mol. The Labute approximate surface area is 184 Å². The number of carbonyl (C=O) groups is 2. The molecular formula is C25H34N2O4. The van der Waals surface area contributed by atoms with Crippen molar-refractivity contribution in [1.82, 2.24) is 10.2 Å². The first-order valence-corrected chi connectivity index (χ1v) is 10.9. The van der Waals surface area contributed by atoms with Gasteiger partial charge in [-0.25, -0.2) is 0 Å². The molecule has 0 aromatic heterocycles. The highest BCUT2D eigenvalue weighted by atomic mass is 16.3. The summed E-state index contributed by atoms with van der Waals surface area (Å²) in [7, 11) is 0. The zero-order valence-electron chi connectivity index (χ0n) is 18.5. The monoisotopic (exact) mass is 426 g/mol. The molecule has 0 saturated heterocycles. The number of aryl methyl sites for hydroxylation is 1. The van der Waals surface area contributed by atoms with Gasteiger partial charge in [-0.3, -0.25) is 9.59 Å². The summed E-state index contributed by atoms with van der Waals surface area (Å²) in [4.78, 5) is 23.5. The number of aliphatic hydroxyl groups is 2. The van der Waals surface area contributed by atoms with E-state index in [0.29, 0.717) is 19.6 Å². The summed E-state index contributed by atoms with van der Waals surface area (Å²) in [5.41, 5.74) is 4.90. The standard InChI is InChI=1S/C13H17NO3.C12H17NO/c1-9(15)12(16)13(17)14-7-6-10-4-2-3-5-11(10)8-14;1-2-3-4-11-5-7-12(8-6-11)9-13-10-14/h2-5,9,12,15-16H,6-8H2,1H3;5-8,10H,2-4,9H2,1H3,(H,13,14). The molecule has 3 rings (SSSR count). The van der Waals surface area contributed by atoms with Gasteiger partial charge in [-0.05, 0) is 48.4 Å². The first kappa shape index (κ1) is 24.6. The van der Waals surface area contributed by atoms with E-state index < -0.39 is 18.1 Å². The van der Waals surface area contributed by atoms with E-state index in [4.69, 9.17) is 0 Å². The first-order chi connectivity index (χ1) is 15.0. The molecule has 0 spiro atoms. The van der Waals surface area contributed by atoms with Gasteiger partial charge in [0, 0.05) is 19.6 Å². The van der Waals surface area contributed by atoms with E-state index in [-0.39, 0.29) is 0 Å². The van der Waals surface area contributed by atoms with Gasteiger partial charge in [0.15, 0.2) is 6.10 Å². The molecule has 0 radical (unpaired) electrons. The molecule has 2 aromatic rings. The Morgan fingerprint density at radius 3 is 2.35 bits per heavy atom. The number of rotatable bonds is 8. The Hall–Kier alpha value is -2.70. The Morgan fingerprint density at radius 2 is 1.74 bits per heavy atom. The second-order valence-electron chi connectivity index (χ2n) is 7.88. The van der Waals surface area contributed by atoms with Crippen molar-refractivity contribution in [2.75, 3.05) is 6.54 Å². The molecule has 2 aromatic carbocycles. The highest BCUT2D eigenvalue weighted by molar-refractivity contribution is 5.81. The van der Waals surface area contributed by atoms with Gasteiger partial charge >= 0.3 is 0 Å². The molecule has 0 saturated carbocycles. The van der Waals surface area contributed by atoms with Gasteiger partial charge < -0.3 is 20.4 Å². The maximum atomic E-state index is 11.9. The van der Waals surface area contributed by atoms with Crippen LogP contribution in [0.4, 0.5) is 0 Å². The minimum absolute atomic E-state index is 0.394. The fraction of sp³-hybridized carbons (Fsp3) is 0.440. The van der Waals surface area contributed by atoms with Crippen molar-refractivity contribution in [3.05, 3.63) is 70.8 Å². The van der Waals surface area contributed by atoms with Crippen molar-refractivity contribution in [2.24, 2.45) is 0 Å². The van der Waals surface area contributed by atoms with Crippen LogP contribution in [-0.2, 0) is 35.5 Å². The lowest BCUT2D eigenvalue weighted by Crippen LogP contribution is -2.45. The molecule has 0 bridgehead atoms. The van der Waals surface area contributed by atoms with E-state index in [2.05, 4.69) is 42.6 Å². The summed E-state index contributed by atoms with van der Waals surface area (Å²) in [5.74, 6) is -0.394. The zero-order chi connectivity index (χ0) is 22.6. The third-order valence-corrected chi connectivity index (χ3v) is 5.38. The lowest BCUT2D eigenvalue weighted by atomic mass is 9.99. The number of benzene rings is 2. The molecule has 6 heteroatoms. The second kappa shape index (κ2) is 12.9. The fourth-order valence-electron chi connectivity index (χ4n) is 3.44. The van der Waals surface area contributed by atoms with Crippen LogP contribution < -0.4 is 5.32 Å². The molecule has 168 valence electrons. The maximum absolute atomic E-state index is 11.9. The van der Waals surface area contributed by atoms with Crippen LogP contribution in [0.5, 0.6) is 0 Å². The van der Waals surface area contributed by atoms with Crippen molar-refractivity contribution >= 4 is 12.3 Å². The highest BCUT2D eigenvalue weighted by Gasteiger charge is 2.28. The van der Waals surface area contributed by atoms with E-state index in [0.717, 1.165) is 30.4 Å². The summed E-state index contributed by atoms with van der Waals surface area (Å²) in [5, 5.41) is 21.4. The van der Waals surface area contributed by atoms with Gasteiger partial charge in [0.05, 0.1) is 6.10 Å². The van der Waals surface area contributed by atoms with Crippen LogP contribution in [0, 0.1) is 0 Å². The van der Waals surface area contributed by atoms with Crippen LogP contribution in [0.15, 0.2) is 48.5 Å². The second-order valence-corrected chi connectivity index (χ2v) is 7.88. The van der Waals surface area contributed by atoms with Crippen molar-refractivity contribution in [3.8, 4) is 0 Å². The molecule has 2 atom stereocenters. The Balaban J connectivity index is 0.000000225.